The lowest BCUT2D eigenvalue weighted by Gasteiger charge is -2.31. The summed E-state index contributed by atoms with van der Waals surface area (Å²) in [4.78, 5) is 76.9. The number of piperidine rings is 2. The van der Waals surface area contributed by atoms with E-state index in [2.05, 4.69) is 104 Å². The van der Waals surface area contributed by atoms with E-state index in [1.807, 2.05) is 102 Å². The van der Waals surface area contributed by atoms with Crippen molar-refractivity contribution >= 4 is 101 Å². The molecule has 648 valence electrons. The summed E-state index contributed by atoms with van der Waals surface area (Å²) in [6.07, 6.45) is 19.9. The van der Waals surface area contributed by atoms with Crippen LogP contribution >= 0.6 is 0 Å². The highest BCUT2D eigenvalue weighted by molar-refractivity contribution is 6.15. The highest BCUT2D eigenvalue weighted by Crippen LogP contribution is 2.37. The highest BCUT2D eigenvalue weighted by Gasteiger charge is 2.38. The lowest BCUT2D eigenvalue weighted by atomic mass is 10.0. The van der Waals surface area contributed by atoms with Crippen LogP contribution in [0.2, 0.25) is 0 Å². The molecule has 32 heteroatoms. The van der Waals surface area contributed by atoms with Crippen molar-refractivity contribution in [2.45, 2.75) is 76.3 Å². The van der Waals surface area contributed by atoms with Gasteiger partial charge in [-0.05, 0) is 187 Å². The Labute approximate surface area is 727 Å². The standard InChI is InChI=1S/C25H22F3N5O.C24H20F3N5O.C24H22FN5O.C23H20FN5O/c26-20-3-1-2-4-22(20)30-24(34)23-19-12-17(5-6-21(19)31-32-23)18-11-16(13-29-14-18)15-33-9-7-25(27,28)8-10-33;25-19-3-1-2-4-21(19)29-23(33)22-18-10-16(5-6-20(18)30-31-22)17-9-15(11-28-12-17)13-32-8-7-24(26,27)14-32;25-20-6-2-3-7-22(20)27-24(31)23-19-13-16(8-9-21(19)28-29-23)17-12-18(15-26-14-17)30-10-4-1-5-11-30;24-19-5-1-2-6-21(19)26-23(30)22-18-12-15(7-8-20(18)27-28-22)16-11-17(14-25-13-16)29-9-3-4-10-29/h1-6,11-14H,7-10,15H2,(H,30,34)(H,31,32);1-6,9-12H,7-8,13-14H2,(H,29,33)(H,30,31);2-3,6-9,12-15H,1,4-5,10-11H2,(H,27,31)(H,28,29);1-2,5-8,11-14H,3-4,9-10H2,(H,26,30)(H,27,28). The summed E-state index contributed by atoms with van der Waals surface area (Å²) in [5.41, 5.74) is 15.0. The molecule has 0 spiro atoms. The number of amides is 4. The van der Waals surface area contributed by atoms with Crippen molar-refractivity contribution in [1.29, 1.82) is 0 Å². The average molecular weight is 1730 g/mol. The molecule has 0 radical (unpaired) electrons. The number of halogens is 8. The molecule has 20 rings (SSSR count). The van der Waals surface area contributed by atoms with Gasteiger partial charge in [-0.1, -0.05) is 72.8 Å². The van der Waals surface area contributed by atoms with Crippen LogP contribution in [0.25, 0.3) is 88.1 Å². The molecule has 24 nitrogen and oxygen atoms in total. The highest BCUT2D eigenvalue weighted by atomic mass is 19.3. The Balaban J connectivity index is 0.000000120. The normalized spacial score (nSPS) is 14.9. The number of hydrogen-bond acceptors (Lipinski definition) is 16. The van der Waals surface area contributed by atoms with E-state index in [0.29, 0.717) is 65.3 Å². The fourth-order valence-corrected chi connectivity index (χ4v) is 16.0. The number of para-hydroxylation sites is 4. The van der Waals surface area contributed by atoms with Crippen molar-refractivity contribution in [3.63, 3.8) is 0 Å². The minimum atomic E-state index is -2.64. The first-order valence-electron chi connectivity index (χ1n) is 41.8. The van der Waals surface area contributed by atoms with Crippen molar-refractivity contribution < 1.29 is 54.3 Å². The number of fused-ring (bicyclic) bond motifs is 4. The van der Waals surface area contributed by atoms with E-state index < -0.39 is 58.7 Å². The van der Waals surface area contributed by atoms with Crippen LogP contribution in [0.15, 0.2) is 244 Å². The van der Waals surface area contributed by atoms with Gasteiger partial charge in [-0.15, -0.1) is 0 Å². The van der Waals surface area contributed by atoms with Gasteiger partial charge in [-0.3, -0.25) is 69.3 Å². The van der Waals surface area contributed by atoms with Gasteiger partial charge in [0.25, 0.3) is 35.5 Å². The maximum Gasteiger partial charge on any atom is 0.276 e. The first-order chi connectivity index (χ1) is 62.1. The number of carbonyl (C=O) groups excluding carboxylic acids is 4. The Morgan fingerprint density at radius 3 is 0.922 bits per heavy atom. The number of nitrogens with one attached hydrogen (secondary N) is 8. The summed E-state index contributed by atoms with van der Waals surface area (Å²) in [5.74, 6) is -9.26. The third-order valence-corrected chi connectivity index (χ3v) is 22.8. The largest absolute Gasteiger partial charge is 0.370 e. The molecule has 4 aliphatic rings. The third kappa shape index (κ3) is 20.1. The minimum absolute atomic E-state index is 0.0687. The molecular formula is C96H84F8N20O4. The maximum atomic E-state index is 13.9. The number of likely N-dealkylation sites (tertiary alicyclic amines) is 2. The lowest BCUT2D eigenvalue weighted by molar-refractivity contribution is -0.0566. The summed E-state index contributed by atoms with van der Waals surface area (Å²) in [5, 5.41) is 40.8. The van der Waals surface area contributed by atoms with Gasteiger partial charge in [0, 0.05) is 159 Å². The van der Waals surface area contributed by atoms with E-state index in [-0.39, 0.29) is 71.3 Å². The molecule has 0 saturated carbocycles. The maximum absolute atomic E-state index is 13.9. The zero-order valence-electron chi connectivity index (χ0n) is 68.8. The Morgan fingerprint density at radius 2 is 0.602 bits per heavy atom. The molecule has 12 heterocycles. The van der Waals surface area contributed by atoms with Gasteiger partial charge in [-0.25, -0.2) is 35.1 Å². The summed E-state index contributed by atoms with van der Waals surface area (Å²) in [6, 6.07) is 54.7. The van der Waals surface area contributed by atoms with Crippen molar-refractivity contribution in [2.24, 2.45) is 0 Å². The van der Waals surface area contributed by atoms with Crippen LogP contribution in [0, 0.1) is 23.3 Å². The Morgan fingerprint density at radius 1 is 0.312 bits per heavy atom. The topological polar surface area (TPSA) is 296 Å². The Kier molecular flexibility index (Phi) is 25.2. The quantitative estimate of drug-likeness (QED) is 0.0370. The fourth-order valence-electron chi connectivity index (χ4n) is 16.0. The summed E-state index contributed by atoms with van der Waals surface area (Å²) in [6.45, 7) is 5.91. The van der Waals surface area contributed by atoms with E-state index in [9.17, 15) is 54.3 Å². The number of aromatic nitrogens is 12. The monoisotopic (exact) mass is 1730 g/mol. The fraction of sp³-hybridized carbons (Fsp3) is 0.208. The molecule has 4 saturated heterocycles. The second kappa shape index (κ2) is 37.9. The van der Waals surface area contributed by atoms with Crippen LogP contribution in [0.5, 0.6) is 0 Å². The number of benzene rings is 8. The third-order valence-electron chi connectivity index (χ3n) is 22.8. The van der Waals surface area contributed by atoms with Crippen molar-refractivity contribution in [3.8, 4) is 44.5 Å². The predicted molar refractivity (Wildman–Crippen MR) is 477 cm³/mol. The van der Waals surface area contributed by atoms with Gasteiger partial charge in [0.05, 0.1) is 75.1 Å². The van der Waals surface area contributed by atoms with Crippen LogP contribution < -0.4 is 31.1 Å². The first kappa shape index (κ1) is 85.3. The van der Waals surface area contributed by atoms with Gasteiger partial charge in [-0.2, -0.15) is 20.4 Å². The molecule has 8 aromatic carbocycles. The smallest absolute Gasteiger partial charge is 0.276 e. The number of aromatic amines is 4. The molecule has 0 unspecified atom stereocenters. The van der Waals surface area contributed by atoms with Gasteiger partial charge in [0.1, 0.15) is 23.3 Å². The molecule has 8 N–H and O–H groups in total. The summed E-state index contributed by atoms with van der Waals surface area (Å²) < 4.78 is 110. The summed E-state index contributed by atoms with van der Waals surface area (Å²) in [7, 11) is 0. The van der Waals surface area contributed by atoms with E-state index in [1.54, 1.807) is 90.4 Å². The molecular weight excluding hydrogens is 1650 g/mol. The van der Waals surface area contributed by atoms with E-state index in [1.165, 1.54) is 80.6 Å². The first-order valence-corrected chi connectivity index (χ1v) is 41.8. The second-order valence-electron chi connectivity index (χ2n) is 31.8. The SMILES string of the molecule is O=C(Nc1ccccc1F)c1n[nH]c2ccc(-c3cncc(CN4CCC(F)(F)C4)c3)cc12.O=C(Nc1ccccc1F)c1n[nH]c2ccc(-c3cncc(CN4CCC(F)(F)CC4)c3)cc12.O=C(Nc1ccccc1F)c1n[nH]c2ccc(-c3cncc(N4CCCC4)c3)cc12.O=C(Nc1ccccc1F)c1n[nH]c2ccc(-c3cncc(N4CCCCC4)c3)cc12. The van der Waals surface area contributed by atoms with Crippen molar-refractivity contribution in [1.82, 2.24) is 70.5 Å². The molecule has 0 bridgehead atoms. The number of carbonyl (C=O) groups is 4. The van der Waals surface area contributed by atoms with E-state index in [0.717, 1.165) is 104 Å². The van der Waals surface area contributed by atoms with E-state index >= 15 is 0 Å². The van der Waals surface area contributed by atoms with E-state index in [4.69, 9.17) is 0 Å². The molecule has 4 fully saturated rings. The second-order valence-corrected chi connectivity index (χ2v) is 31.8. The van der Waals surface area contributed by atoms with Crippen LogP contribution in [0.1, 0.15) is 104 Å². The van der Waals surface area contributed by atoms with Crippen LogP contribution in [-0.4, -0.2) is 158 Å². The molecule has 4 aliphatic heterocycles. The zero-order chi connectivity index (χ0) is 88.4. The van der Waals surface area contributed by atoms with Crippen LogP contribution in [-0.2, 0) is 13.1 Å². The number of hydrogen-bond donors (Lipinski definition) is 8. The lowest BCUT2D eigenvalue weighted by Crippen LogP contribution is -2.38. The number of rotatable bonds is 18. The van der Waals surface area contributed by atoms with Crippen molar-refractivity contribution in [3.05, 3.63) is 301 Å². The Hall–Kier alpha value is -14.9. The number of nitrogens with zero attached hydrogens (tertiary/aromatic N) is 12. The van der Waals surface area contributed by atoms with Crippen molar-refractivity contribution in [2.75, 3.05) is 83.4 Å². The minimum Gasteiger partial charge on any atom is -0.370 e. The summed E-state index contributed by atoms with van der Waals surface area (Å²) >= 11 is 0. The zero-order valence-corrected chi connectivity index (χ0v) is 68.8. The number of H-pyrrole nitrogens is 4. The molecule has 8 aromatic heterocycles. The average Bonchev–Trinajstić information content (AvgIpc) is 1.63. The molecule has 128 heavy (non-hydrogen) atoms. The number of alkyl halides is 4. The molecule has 16 aromatic rings. The molecule has 4 amide bonds. The van der Waals surface area contributed by atoms with Gasteiger partial charge in [0.2, 0.25) is 0 Å². The predicted octanol–water partition coefficient (Wildman–Crippen LogP) is 19.7. The van der Waals surface area contributed by atoms with Gasteiger partial charge < -0.3 is 31.1 Å². The van der Waals surface area contributed by atoms with Gasteiger partial charge >= 0.3 is 0 Å². The molecule has 0 atom stereocenters. The Bertz CT molecular complexity index is 6760. The molecule has 0 aliphatic carbocycles. The van der Waals surface area contributed by atoms with Gasteiger partial charge in [0.15, 0.2) is 22.8 Å². The van der Waals surface area contributed by atoms with Crippen LogP contribution in [0.3, 0.4) is 0 Å². The number of pyridine rings is 4. The number of anilines is 6. The van der Waals surface area contributed by atoms with Crippen LogP contribution in [0.4, 0.5) is 69.2 Å².